The van der Waals surface area contributed by atoms with Gasteiger partial charge < -0.3 is 15.2 Å². The van der Waals surface area contributed by atoms with Crippen LogP contribution in [0.5, 0.6) is 0 Å². The molecule has 2 saturated heterocycles. The molecule has 5 rings (SSSR count). The topological polar surface area (TPSA) is 77.0 Å². The molecule has 0 aromatic carbocycles. The lowest BCUT2D eigenvalue weighted by Crippen LogP contribution is -2.40. The summed E-state index contributed by atoms with van der Waals surface area (Å²) in [5.41, 5.74) is 8.53. The van der Waals surface area contributed by atoms with E-state index in [1.807, 2.05) is 17.3 Å². The van der Waals surface area contributed by atoms with Gasteiger partial charge in [-0.1, -0.05) is 12.8 Å². The number of hydrogen-bond acceptors (Lipinski definition) is 4. The summed E-state index contributed by atoms with van der Waals surface area (Å²) in [4.78, 5) is 24.1. The third kappa shape index (κ3) is 2.02. The average molecular weight is 325 g/mol. The lowest BCUT2D eigenvalue weighted by molar-refractivity contribution is 0.0726. The molecule has 2 aliphatic heterocycles. The Morgan fingerprint density at radius 3 is 2.67 bits per heavy atom. The van der Waals surface area contributed by atoms with Crippen molar-refractivity contribution in [3.05, 3.63) is 24.2 Å². The Morgan fingerprint density at radius 1 is 1.12 bits per heavy atom. The smallest absolute Gasteiger partial charge is 0.256 e. The number of imidazole rings is 1. The highest BCUT2D eigenvalue weighted by atomic mass is 16.2. The largest absolute Gasteiger partial charge is 0.331 e. The number of amides is 1. The molecule has 4 heterocycles. The highest BCUT2D eigenvalue weighted by molar-refractivity contribution is 5.97. The maximum Gasteiger partial charge on any atom is 0.256 e. The molecule has 3 fully saturated rings. The first kappa shape index (κ1) is 14.4. The fraction of sp³-hybridized carbons (Fsp3) is 0.611. The number of nitrogens with two attached hydrogens (primary N) is 1. The van der Waals surface area contributed by atoms with Crippen LogP contribution in [0.2, 0.25) is 0 Å². The molecule has 126 valence electrons. The number of carbonyl (C=O) groups is 1. The van der Waals surface area contributed by atoms with Gasteiger partial charge in [0.15, 0.2) is 5.65 Å². The molecule has 2 bridgehead atoms. The molecule has 3 atom stereocenters. The predicted octanol–water partition coefficient (Wildman–Crippen LogP) is 2.25. The summed E-state index contributed by atoms with van der Waals surface area (Å²) in [6.07, 6.45) is 11.6. The van der Waals surface area contributed by atoms with Crippen LogP contribution in [0.4, 0.5) is 0 Å². The number of carbonyl (C=O) groups excluding carboxylic acids is 1. The summed E-state index contributed by atoms with van der Waals surface area (Å²) >= 11 is 0. The summed E-state index contributed by atoms with van der Waals surface area (Å²) in [7, 11) is 0. The van der Waals surface area contributed by atoms with E-state index in [0.29, 0.717) is 17.6 Å². The second-order valence-corrected chi connectivity index (χ2v) is 7.57. The van der Waals surface area contributed by atoms with Crippen molar-refractivity contribution in [1.29, 1.82) is 0 Å². The van der Waals surface area contributed by atoms with Crippen molar-refractivity contribution in [2.75, 3.05) is 0 Å². The number of nitrogens with zero attached hydrogens (tertiary/aromatic N) is 4. The van der Waals surface area contributed by atoms with Gasteiger partial charge in [0.05, 0.1) is 11.9 Å². The van der Waals surface area contributed by atoms with Gasteiger partial charge in [0, 0.05) is 30.4 Å². The van der Waals surface area contributed by atoms with Crippen LogP contribution >= 0.6 is 0 Å². The molecule has 1 amide bonds. The van der Waals surface area contributed by atoms with E-state index in [-0.39, 0.29) is 18.0 Å². The minimum atomic E-state index is 0.0697. The second-order valence-electron chi connectivity index (χ2n) is 7.57. The van der Waals surface area contributed by atoms with E-state index in [4.69, 9.17) is 5.73 Å². The molecule has 6 nitrogen and oxygen atoms in total. The minimum absolute atomic E-state index is 0.0697. The zero-order valence-corrected chi connectivity index (χ0v) is 13.8. The van der Waals surface area contributed by atoms with Crippen molar-refractivity contribution in [2.45, 2.75) is 69.1 Å². The van der Waals surface area contributed by atoms with Crippen LogP contribution in [0.1, 0.15) is 61.3 Å². The molecule has 1 saturated carbocycles. The molecule has 24 heavy (non-hydrogen) atoms. The summed E-state index contributed by atoms with van der Waals surface area (Å²) in [5, 5.41) is 0. The molecular weight excluding hydrogens is 302 g/mol. The Balaban J connectivity index is 1.47. The normalized spacial score (nSPS) is 29.9. The van der Waals surface area contributed by atoms with Crippen molar-refractivity contribution in [3.8, 4) is 0 Å². The molecule has 2 aromatic rings. The van der Waals surface area contributed by atoms with E-state index in [2.05, 4.69) is 14.5 Å². The first-order chi connectivity index (χ1) is 11.7. The number of aromatic nitrogens is 3. The van der Waals surface area contributed by atoms with Crippen LogP contribution < -0.4 is 5.73 Å². The Hall–Kier alpha value is -1.95. The maximum atomic E-state index is 13.0. The molecule has 0 unspecified atom stereocenters. The van der Waals surface area contributed by atoms with Crippen LogP contribution in [-0.4, -0.2) is 43.5 Å². The van der Waals surface area contributed by atoms with E-state index in [1.165, 1.54) is 25.7 Å². The standard InChI is InChI=1S/C18H23N5O/c19-14-8-13-5-6-16(14)23(13)18(24)11-7-15-17(20-9-11)22(10-21-15)12-3-1-2-4-12/h7,9-10,12-14,16H,1-6,8,19H2/t13-,14-,16+/m1/s1. The van der Waals surface area contributed by atoms with Gasteiger partial charge in [-0.25, -0.2) is 9.97 Å². The molecule has 2 aromatic heterocycles. The predicted molar refractivity (Wildman–Crippen MR) is 90.6 cm³/mol. The van der Waals surface area contributed by atoms with Crippen LogP contribution in [-0.2, 0) is 0 Å². The average Bonchev–Trinajstić information content (AvgIpc) is 3.35. The van der Waals surface area contributed by atoms with Crippen molar-refractivity contribution in [1.82, 2.24) is 19.4 Å². The first-order valence-electron chi connectivity index (χ1n) is 9.13. The number of hydrogen-bond donors (Lipinski definition) is 1. The van der Waals surface area contributed by atoms with Gasteiger partial charge in [0.2, 0.25) is 0 Å². The summed E-state index contributed by atoms with van der Waals surface area (Å²) < 4.78 is 2.19. The SMILES string of the molecule is N[C@@H]1C[C@H]2CC[C@@H]1N2C(=O)c1cnc2c(c1)ncn2C1CCCC1. The third-order valence-corrected chi connectivity index (χ3v) is 6.20. The van der Waals surface area contributed by atoms with Crippen molar-refractivity contribution >= 4 is 17.1 Å². The van der Waals surface area contributed by atoms with Crippen molar-refractivity contribution in [3.63, 3.8) is 0 Å². The van der Waals surface area contributed by atoms with Gasteiger partial charge in [-0.05, 0) is 38.2 Å². The maximum absolute atomic E-state index is 13.0. The lowest BCUT2D eigenvalue weighted by Gasteiger charge is -2.23. The Morgan fingerprint density at radius 2 is 1.96 bits per heavy atom. The first-order valence-corrected chi connectivity index (χ1v) is 9.13. The molecule has 6 heteroatoms. The van der Waals surface area contributed by atoms with Crippen molar-refractivity contribution in [2.24, 2.45) is 5.73 Å². The Labute approximate surface area is 141 Å². The van der Waals surface area contributed by atoms with Gasteiger partial charge >= 0.3 is 0 Å². The Bertz CT molecular complexity index is 794. The van der Waals surface area contributed by atoms with Crippen LogP contribution in [0.25, 0.3) is 11.2 Å². The monoisotopic (exact) mass is 325 g/mol. The summed E-state index contributed by atoms with van der Waals surface area (Å²) in [6.45, 7) is 0. The minimum Gasteiger partial charge on any atom is -0.331 e. The lowest BCUT2D eigenvalue weighted by atomic mass is 9.97. The number of pyridine rings is 1. The molecule has 0 radical (unpaired) electrons. The van der Waals surface area contributed by atoms with Crippen LogP contribution in [0.15, 0.2) is 18.6 Å². The van der Waals surface area contributed by atoms with Crippen LogP contribution in [0, 0.1) is 0 Å². The van der Waals surface area contributed by atoms with E-state index >= 15 is 0 Å². The molecular formula is C18H23N5O. The van der Waals surface area contributed by atoms with Crippen LogP contribution in [0.3, 0.4) is 0 Å². The zero-order valence-electron chi connectivity index (χ0n) is 13.8. The van der Waals surface area contributed by atoms with Gasteiger partial charge in [0.25, 0.3) is 5.91 Å². The number of fused-ring (bicyclic) bond motifs is 3. The molecule has 2 N–H and O–H groups in total. The summed E-state index contributed by atoms with van der Waals surface area (Å²) in [5.74, 6) is 0.0697. The zero-order chi connectivity index (χ0) is 16.3. The fourth-order valence-corrected chi connectivity index (χ4v) is 4.99. The highest BCUT2D eigenvalue weighted by Crippen LogP contribution is 2.38. The van der Waals surface area contributed by atoms with E-state index < -0.39 is 0 Å². The van der Waals surface area contributed by atoms with E-state index in [1.54, 1.807) is 6.20 Å². The van der Waals surface area contributed by atoms with Crippen molar-refractivity contribution < 1.29 is 4.79 Å². The van der Waals surface area contributed by atoms with E-state index in [0.717, 1.165) is 30.4 Å². The Kier molecular flexibility index (Phi) is 3.16. The second kappa shape index (κ2) is 5.28. The van der Waals surface area contributed by atoms with Gasteiger partial charge in [-0.3, -0.25) is 4.79 Å². The highest BCUT2D eigenvalue weighted by Gasteiger charge is 2.47. The third-order valence-electron chi connectivity index (χ3n) is 6.20. The molecule has 1 aliphatic carbocycles. The number of rotatable bonds is 2. The van der Waals surface area contributed by atoms with Gasteiger partial charge in [0.1, 0.15) is 5.52 Å². The quantitative estimate of drug-likeness (QED) is 0.919. The summed E-state index contributed by atoms with van der Waals surface area (Å²) in [6, 6.07) is 3.06. The van der Waals surface area contributed by atoms with E-state index in [9.17, 15) is 4.79 Å². The molecule has 0 spiro atoms. The molecule has 3 aliphatic rings. The van der Waals surface area contributed by atoms with Gasteiger partial charge in [-0.2, -0.15) is 0 Å². The van der Waals surface area contributed by atoms with Gasteiger partial charge in [-0.15, -0.1) is 0 Å². The fourth-order valence-electron chi connectivity index (χ4n) is 4.99.